The van der Waals surface area contributed by atoms with Gasteiger partial charge in [-0.1, -0.05) is 0 Å². The van der Waals surface area contributed by atoms with Crippen molar-refractivity contribution >= 4 is 11.6 Å². The number of nitrogens with one attached hydrogen (secondary N) is 1. The molecule has 1 aliphatic heterocycles. The van der Waals surface area contributed by atoms with Gasteiger partial charge in [0.15, 0.2) is 0 Å². The fraction of sp³-hybridized carbons (Fsp3) is 0.538. The second-order valence-corrected chi connectivity index (χ2v) is 5.15. The molecule has 1 saturated heterocycles. The van der Waals surface area contributed by atoms with E-state index in [9.17, 15) is 4.79 Å². The predicted octanol–water partition coefficient (Wildman–Crippen LogP) is 0.540. The number of aromatic nitrogens is 5. The summed E-state index contributed by atoms with van der Waals surface area (Å²) in [6.07, 6.45) is 8.56. The number of carbonyl (C=O) groups excluding carboxylic acids is 1. The van der Waals surface area contributed by atoms with Gasteiger partial charge in [0, 0.05) is 26.0 Å². The first-order valence-electron chi connectivity index (χ1n) is 7.02. The number of ether oxygens (including phenoxy) is 1. The first kappa shape index (κ1) is 13.7. The highest BCUT2D eigenvalue weighted by Crippen LogP contribution is 2.17. The number of rotatable bonds is 5. The molecule has 3 rings (SSSR count). The molecule has 1 N–H and O–H groups in total. The van der Waals surface area contributed by atoms with Gasteiger partial charge >= 0.3 is 0 Å². The molecule has 2 aromatic rings. The lowest BCUT2D eigenvalue weighted by molar-refractivity contribution is -0.116. The molecule has 3 heterocycles. The summed E-state index contributed by atoms with van der Waals surface area (Å²) < 4.78 is 8.70. The Morgan fingerprint density at radius 1 is 1.33 bits per heavy atom. The van der Waals surface area contributed by atoms with Gasteiger partial charge < -0.3 is 10.1 Å². The molecule has 0 spiro atoms. The number of carbonyl (C=O) groups is 1. The van der Waals surface area contributed by atoms with Crippen molar-refractivity contribution < 1.29 is 9.53 Å². The van der Waals surface area contributed by atoms with Crippen LogP contribution in [0.4, 0.5) is 5.69 Å². The number of hydrogen-bond donors (Lipinski definition) is 1. The molecule has 0 saturated carbocycles. The van der Waals surface area contributed by atoms with Crippen LogP contribution in [0, 0.1) is 5.92 Å². The fourth-order valence-corrected chi connectivity index (χ4v) is 2.38. The summed E-state index contributed by atoms with van der Waals surface area (Å²) >= 11 is 0. The van der Waals surface area contributed by atoms with Gasteiger partial charge in [0.25, 0.3) is 0 Å². The molecule has 0 atom stereocenters. The first-order valence-corrected chi connectivity index (χ1v) is 7.02. The van der Waals surface area contributed by atoms with Gasteiger partial charge in [0.2, 0.25) is 5.91 Å². The summed E-state index contributed by atoms with van der Waals surface area (Å²) in [5.41, 5.74) is 0.701. The number of anilines is 1. The van der Waals surface area contributed by atoms with E-state index in [1.165, 1.54) is 17.3 Å². The Bertz CT molecular complexity index is 573. The Hall–Kier alpha value is -2.22. The third-order valence-electron chi connectivity index (χ3n) is 3.48. The molecule has 8 heteroatoms. The van der Waals surface area contributed by atoms with Crippen molar-refractivity contribution in [3.8, 4) is 0 Å². The van der Waals surface area contributed by atoms with Crippen LogP contribution >= 0.6 is 0 Å². The molecule has 0 aliphatic carbocycles. The summed E-state index contributed by atoms with van der Waals surface area (Å²) in [5, 5.41) is 11.0. The van der Waals surface area contributed by atoms with Gasteiger partial charge in [0.1, 0.15) is 19.2 Å². The van der Waals surface area contributed by atoms with E-state index in [4.69, 9.17) is 4.74 Å². The highest BCUT2D eigenvalue weighted by atomic mass is 16.5. The van der Waals surface area contributed by atoms with Crippen LogP contribution in [0.25, 0.3) is 0 Å². The molecule has 0 radical (unpaired) electrons. The lowest BCUT2D eigenvalue weighted by Gasteiger charge is -2.21. The SMILES string of the molecule is O=C(Cn1cncn1)Nc1cnn(CC2CCOCC2)c1. The molecule has 1 fully saturated rings. The minimum absolute atomic E-state index is 0.144. The van der Waals surface area contributed by atoms with Crippen LogP contribution in [0.15, 0.2) is 25.0 Å². The minimum Gasteiger partial charge on any atom is -0.381 e. The first-order chi connectivity index (χ1) is 10.3. The van der Waals surface area contributed by atoms with E-state index in [-0.39, 0.29) is 12.5 Å². The van der Waals surface area contributed by atoms with Crippen LogP contribution in [-0.4, -0.2) is 43.7 Å². The molecule has 0 unspecified atom stereocenters. The zero-order valence-electron chi connectivity index (χ0n) is 11.7. The Balaban J connectivity index is 1.51. The maximum atomic E-state index is 11.8. The largest absolute Gasteiger partial charge is 0.381 e. The van der Waals surface area contributed by atoms with Crippen LogP contribution in [0.2, 0.25) is 0 Å². The van der Waals surface area contributed by atoms with Crippen LogP contribution in [-0.2, 0) is 22.6 Å². The molecule has 0 bridgehead atoms. The Labute approximate surface area is 122 Å². The normalized spacial score (nSPS) is 16.0. The third kappa shape index (κ3) is 3.88. The highest BCUT2D eigenvalue weighted by molar-refractivity contribution is 5.90. The summed E-state index contributed by atoms with van der Waals surface area (Å²) in [6.45, 7) is 2.66. The summed E-state index contributed by atoms with van der Waals surface area (Å²) in [7, 11) is 0. The van der Waals surface area contributed by atoms with Gasteiger partial charge in [-0.2, -0.15) is 10.2 Å². The summed E-state index contributed by atoms with van der Waals surface area (Å²) in [4.78, 5) is 15.6. The molecule has 8 nitrogen and oxygen atoms in total. The van der Waals surface area contributed by atoms with Crippen LogP contribution in [0.3, 0.4) is 0 Å². The topological polar surface area (TPSA) is 86.9 Å². The van der Waals surface area contributed by atoms with Crippen molar-refractivity contribution in [2.75, 3.05) is 18.5 Å². The van der Waals surface area contributed by atoms with Crippen LogP contribution in [0.1, 0.15) is 12.8 Å². The molecule has 112 valence electrons. The van der Waals surface area contributed by atoms with Crippen molar-refractivity contribution in [1.82, 2.24) is 24.5 Å². The molecule has 1 amide bonds. The number of nitrogens with zero attached hydrogens (tertiary/aromatic N) is 5. The second-order valence-electron chi connectivity index (χ2n) is 5.15. The van der Waals surface area contributed by atoms with Crippen molar-refractivity contribution in [3.05, 3.63) is 25.0 Å². The quantitative estimate of drug-likeness (QED) is 0.868. The predicted molar refractivity (Wildman–Crippen MR) is 74.4 cm³/mol. The highest BCUT2D eigenvalue weighted by Gasteiger charge is 2.15. The summed E-state index contributed by atoms with van der Waals surface area (Å²) in [6, 6.07) is 0. The van der Waals surface area contributed by atoms with Gasteiger partial charge in [-0.05, 0) is 18.8 Å². The molecular formula is C13H18N6O2. The van der Waals surface area contributed by atoms with E-state index in [1.807, 2.05) is 10.9 Å². The zero-order valence-corrected chi connectivity index (χ0v) is 11.7. The monoisotopic (exact) mass is 290 g/mol. The van der Waals surface area contributed by atoms with Gasteiger partial charge in [0.05, 0.1) is 11.9 Å². The van der Waals surface area contributed by atoms with Crippen LogP contribution in [0.5, 0.6) is 0 Å². The fourth-order valence-electron chi connectivity index (χ4n) is 2.38. The van der Waals surface area contributed by atoms with Crippen molar-refractivity contribution in [2.45, 2.75) is 25.9 Å². The standard InChI is InChI=1S/C13H18N6O2/c20-13(8-19-10-14-9-16-19)17-12-5-15-18(7-12)6-11-1-3-21-4-2-11/h5,7,9-11H,1-4,6,8H2,(H,17,20). The smallest absolute Gasteiger partial charge is 0.246 e. The Kier molecular flexibility index (Phi) is 4.25. The average molecular weight is 290 g/mol. The van der Waals surface area contributed by atoms with E-state index in [1.54, 1.807) is 6.20 Å². The molecule has 21 heavy (non-hydrogen) atoms. The number of amides is 1. The minimum atomic E-state index is -0.147. The van der Waals surface area contributed by atoms with E-state index in [0.717, 1.165) is 32.6 Å². The van der Waals surface area contributed by atoms with Crippen molar-refractivity contribution in [3.63, 3.8) is 0 Å². The molecule has 0 aromatic carbocycles. The van der Waals surface area contributed by atoms with Crippen molar-refractivity contribution in [2.24, 2.45) is 5.92 Å². The average Bonchev–Trinajstić information content (AvgIpc) is 3.12. The van der Waals surface area contributed by atoms with E-state index >= 15 is 0 Å². The second kappa shape index (κ2) is 6.49. The van der Waals surface area contributed by atoms with E-state index in [2.05, 4.69) is 20.5 Å². The Morgan fingerprint density at radius 2 is 2.19 bits per heavy atom. The number of hydrogen-bond acceptors (Lipinski definition) is 5. The third-order valence-corrected chi connectivity index (χ3v) is 3.48. The summed E-state index contributed by atoms with van der Waals surface area (Å²) in [5.74, 6) is 0.448. The lowest BCUT2D eigenvalue weighted by atomic mass is 10.0. The Morgan fingerprint density at radius 3 is 2.95 bits per heavy atom. The van der Waals surface area contributed by atoms with Gasteiger partial charge in [-0.3, -0.25) is 9.48 Å². The maximum Gasteiger partial charge on any atom is 0.246 e. The molecule has 2 aromatic heterocycles. The van der Waals surface area contributed by atoms with Gasteiger partial charge in [-0.15, -0.1) is 0 Å². The van der Waals surface area contributed by atoms with Crippen LogP contribution < -0.4 is 5.32 Å². The zero-order chi connectivity index (χ0) is 14.5. The van der Waals surface area contributed by atoms with E-state index in [0.29, 0.717) is 11.6 Å². The lowest BCUT2D eigenvalue weighted by Crippen LogP contribution is -2.20. The molecular weight excluding hydrogens is 272 g/mol. The van der Waals surface area contributed by atoms with Crippen molar-refractivity contribution in [1.29, 1.82) is 0 Å². The maximum absolute atomic E-state index is 11.8. The van der Waals surface area contributed by atoms with E-state index < -0.39 is 0 Å². The van der Waals surface area contributed by atoms with Gasteiger partial charge in [-0.25, -0.2) is 9.67 Å². The molecule has 1 aliphatic rings.